The maximum Gasteiger partial charge on any atom is 0.331 e. The number of rotatable bonds is 7. The molecule has 2 rings (SSSR count). The first-order chi connectivity index (χ1) is 12.7. The van der Waals surface area contributed by atoms with E-state index in [0.717, 1.165) is 11.1 Å². The van der Waals surface area contributed by atoms with Crippen molar-refractivity contribution in [1.29, 1.82) is 0 Å². The Bertz CT molecular complexity index is 796. The van der Waals surface area contributed by atoms with Gasteiger partial charge in [0.2, 0.25) is 0 Å². The lowest BCUT2D eigenvalue weighted by molar-refractivity contribution is -0.149. The van der Waals surface area contributed by atoms with E-state index in [2.05, 4.69) is 0 Å². The van der Waals surface area contributed by atoms with Crippen molar-refractivity contribution in [2.45, 2.75) is 33.2 Å². The van der Waals surface area contributed by atoms with Crippen LogP contribution in [-0.4, -0.2) is 55.9 Å². The van der Waals surface area contributed by atoms with Crippen LogP contribution in [-0.2, 0) is 24.2 Å². The average Bonchev–Trinajstić information content (AvgIpc) is 2.96. The summed E-state index contributed by atoms with van der Waals surface area (Å²) in [4.78, 5) is 26.0. The third-order valence-electron chi connectivity index (χ3n) is 4.36. The number of carbonyl (C=O) groups is 2. The zero-order valence-electron chi connectivity index (χ0n) is 16.1. The highest BCUT2D eigenvalue weighted by molar-refractivity contribution is 7.91. The molecule has 1 saturated heterocycles. The Morgan fingerprint density at radius 3 is 2.48 bits per heavy atom. The summed E-state index contributed by atoms with van der Waals surface area (Å²) in [5.74, 6) is -0.699. The smallest absolute Gasteiger partial charge is 0.331 e. The molecule has 0 spiro atoms. The van der Waals surface area contributed by atoms with Gasteiger partial charge in [0, 0.05) is 18.7 Å². The number of esters is 1. The standard InChI is InChI=1S/C20H27NO5S/c1-15(2)12-21(18-10-11-27(24,25)14-18)19(22)13-26-20(23)9-8-17-6-4-16(3)5-7-17/h4-9,15,18H,10-14H2,1-3H3/b9-8+/t18-/m1/s1. The fourth-order valence-corrected chi connectivity index (χ4v) is 4.71. The molecule has 1 aliphatic rings. The lowest BCUT2D eigenvalue weighted by Gasteiger charge is -2.29. The number of nitrogens with zero attached hydrogens (tertiary/aromatic N) is 1. The molecule has 7 heteroatoms. The number of sulfone groups is 1. The largest absolute Gasteiger partial charge is 0.452 e. The van der Waals surface area contributed by atoms with E-state index < -0.39 is 15.8 Å². The molecule has 1 atom stereocenters. The molecule has 0 aliphatic carbocycles. The lowest BCUT2D eigenvalue weighted by Crippen LogP contribution is -2.45. The quantitative estimate of drug-likeness (QED) is 0.524. The Balaban J connectivity index is 1.92. The van der Waals surface area contributed by atoms with Crippen molar-refractivity contribution in [1.82, 2.24) is 4.90 Å². The number of benzene rings is 1. The van der Waals surface area contributed by atoms with E-state index in [1.54, 1.807) is 11.0 Å². The fraction of sp³-hybridized carbons (Fsp3) is 0.500. The summed E-state index contributed by atoms with van der Waals surface area (Å²) < 4.78 is 28.5. The Morgan fingerprint density at radius 2 is 1.93 bits per heavy atom. The normalized spacial score (nSPS) is 18.7. The highest BCUT2D eigenvalue weighted by Crippen LogP contribution is 2.19. The first-order valence-corrected chi connectivity index (χ1v) is 10.9. The molecule has 148 valence electrons. The first-order valence-electron chi connectivity index (χ1n) is 9.07. The van der Waals surface area contributed by atoms with Gasteiger partial charge >= 0.3 is 5.97 Å². The van der Waals surface area contributed by atoms with E-state index in [9.17, 15) is 18.0 Å². The molecule has 1 heterocycles. The first kappa shape index (κ1) is 21.2. The number of carbonyl (C=O) groups excluding carboxylic acids is 2. The molecule has 1 aromatic rings. The van der Waals surface area contributed by atoms with Crippen LogP contribution in [0.1, 0.15) is 31.4 Å². The molecule has 0 saturated carbocycles. The van der Waals surface area contributed by atoms with Gasteiger partial charge < -0.3 is 9.64 Å². The Labute approximate surface area is 161 Å². The number of hydrogen-bond acceptors (Lipinski definition) is 5. The minimum absolute atomic E-state index is 0.0211. The summed E-state index contributed by atoms with van der Waals surface area (Å²) in [5, 5.41) is 0. The van der Waals surface area contributed by atoms with Crippen LogP contribution in [0, 0.1) is 12.8 Å². The summed E-state index contributed by atoms with van der Waals surface area (Å²) >= 11 is 0. The molecule has 6 nitrogen and oxygen atoms in total. The van der Waals surface area contributed by atoms with Gasteiger partial charge in [0.1, 0.15) is 0 Å². The predicted molar refractivity (Wildman–Crippen MR) is 105 cm³/mol. The van der Waals surface area contributed by atoms with E-state index >= 15 is 0 Å². The summed E-state index contributed by atoms with van der Waals surface area (Å²) in [7, 11) is -3.10. The second-order valence-electron chi connectivity index (χ2n) is 7.35. The van der Waals surface area contributed by atoms with Gasteiger partial charge in [0.05, 0.1) is 11.5 Å². The van der Waals surface area contributed by atoms with Crippen LogP contribution in [0.5, 0.6) is 0 Å². The minimum atomic E-state index is -3.10. The van der Waals surface area contributed by atoms with Crippen LogP contribution in [0.4, 0.5) is 0 Å². The minimum Gasteiger partial charge on any atom is -0.452 e. The topological polar surface area (TPSA) is 80.8 Å². The second-order valence-corrected chi connectivity index (χ2v) is 9.58. The number of hydrogen-bond donors (Lipinski definition) is 0. The SMILES string of the molecule is Cc1ccc(/C=C/C(=O)OCC(=O)N(CC(C)C)[C@@H]2CCS(=O)(=O)C2)cc1. The van der Waals surface area contributed by atoms with Gasteiger partial charge in [-0.15, -0.1) is 0 Å². The molecule has 0 N–H and O–H groups in total. The average molecular weight is 394 g/mol. The van der Waals surface area contributed by atoms with Crippen molar-refractivity contribution in [2.24, 2.45) is 5.92 Å². The van der Waals surface area contributed by atoms with E-state index in [-0.39, 0.29) is 36.0 Å². The summed E-state index contributed by atoms with van der Waals surface area (Å²) in [5.41, 5.74) is 1.99. The van der Waals surface area contributed by atoms with E-state index in [1.165, 1.54) is 6.08 Å². The molecule has 0 radical (unpaired) electrons. The molecule has 27 heavy (non-hydrogen) atoms. The van der Waals surface area contributed by atoms with Crippen molar-refractivity contribution in [3.05, 3.63) is 41.5 Å². The van der Waals surface area contributed by atoms with E-state index in [0.29, 0.717) is 13.0 Å². The van der Waals surface area contributed by atoms with Crippen LogP contribution < -0.4 is 0 Å². The molecule has 0 aromatic heterocycles. The Kier molecular flexibility index (Phi) is 7.18. The van der Waals surface area contributed by atoms with Crippen LogP contribution in [0.25, 0.3) is 6.08 Å². The highest BCUT2D eigenvalue weighted by Gasteiger charge is 2.35. The summed E-state index contributed by atoms with van der Waals surface area (Å²) in [6.07, 6.45) is 3.34. The van der Waals surface area contributed by atoms with Crippen molar-refractivity contribution in [3.8, 4) is 0 Å². The van der Waals surface area contributed by atoms with Crippen molar-refractivity contribution in [3.63, 3.8) is 0 Å². The fourth-order valence-electron chi connectivity index (χ4n) is 2.97. The monoisotopic (exact) mass is 393 g/mol. The maximum atomic E-state index is 12.5. The van der Waals surface area contributed by atoms with Crippen LogP contribution in [0.3, 0.4) is 0 Å². The maximum absolute atomic E-state index is 12.5. The number of ether oxygens (including phenoxy) is 1. The van der Waals surface area contributed by atoms with Gasteiger partial charge in [-0.05, 0) is 30.9 Å². The van der Waals surface area contributed by atoms with Crippen LogP contribution in [0.15, 0.2) is 30.3 Å². The molecule has 0 unspecified atom stereocenters. The predicted octanol–water partition coefficient (Wildman–Crippen LogP) is 2.22. The summed E-state index contributed by atoms with van der Waals surface area (Å²) in [6.45, 7) is 5.95. The zero-order valence-corrected chi connectivity index (χ0v) is 16.9. The van der Waals surface area contributed by atoms with Gasteiger partial charge in [0.15, 0.2) is 16.4 Å². The number of aryl methyl sites for hydroxylation is 1. The molecule has 0 bridgehead atoms. The third-order valence-corrected chi connectivity index (χ3v) is 6.11. The van der Waals surface area contributed by atoms with E-state index in [1.807, 2.05) is 45.0 Å². The molecule has 1 aliphatic heterocycles. The van der Waals surface area contributed by atoms with Gasteiger partial charge in [-0.25, -0.2) is 13.2 Å². The van der Waals surface area contributed by atoms with Crippen molar-refractivity contribution in [2.75, 3.05) is 24.7 Å². The molecular weight excluding hydrogens is 366 g/mol. The molecule has 1 fully saturated rings. The molecular formula is C20H27NO5S. The summed E-state index contributed by atoms with van der Waals surface area (Å²) in [6, 6.07) is 7.30. The zero-order chi connectivity index (χ0) is 20.0. The molecule has 1 aromatic carbocycles. The van der Waals surface area contributed by atoms with Crippen LogP contribution >= 0.6 is 0 Å². The van der Waals surface area contributed by atoms with Crippen LogP contribution in [0.2, 0.25) is 0 Å². The third kappa shape index (κ3) is 6.82. The van der Waals surface area contributed by atoms with Gasteiger partial charge in [-0.3, -0.25) is 4.79 Å². The van der Waals surface area contributed by atoms with E-state index in [4.69, 9.17) is 4.74 Å². The highest BCUT2D eigenvalue weighted by atomic mass is 32.2. The van der Waals surface area contributed by atoms with Gasteiger partial charge in [-0.2, -0.15) is 0 Å². The number of amides is 1. The van der Waals surface area contributed by atoms with Crippen molar-refractivity contribution < 1.29 is 22.7 Å². The Hall–Kier alpha value is -2.15. The van der Waals surface area contributed by atoms with Gasteiger partial charge in [-0.1, -0.05) is 43.7 Å². The van der Waals surface area contributed by atoms with Gasteiger partial charge in [0.25, 0.3) is 5.91 Å². The van der Waals surface area contributed by atoms with Crippen molar-refractivity contribution >= 4 is 27.8 Å². The second kappa shape index (κ2) is 9.17. The Morgan fingerprint density at radius 1 is 1.26 bits per heavy atom. The lowest BCUT2D eigenvalue weighted by atomic mass is 10.1. The molecule has 1 amide bonds.